The molecular weight excluding hydrogens is 409 g/mol. The first-order valence-corrected chi connectivity index (χ1v) is 9.62. The summed E-state index contributed by atoms with van der Waals surface area (Å²) in [5.74, 6) is -1.66. The number of ether oxygens (including phenoxy) is 2. The first-order valence-electron chi connectivity index (χ1n) is 9.62. The minimum absolute atomic E-state index is 0.0186. The number of non-ortho nitro benzene ring substituents is 1. The van der Waals surface area contributed by atoms with Crippen LogP contribution in [-0.2, 0) is 20.8 Å². The second-order valence-electron chi connectivity index (χ2n) is 7.01. The lowest BCUT2D eigenvalue weighted by Crippen LogP contribution is -2.37. The van der Waals surface area contributed by atoms with Crippen LogP contribution >= 0.6 is 0 Å². The molecule has 10 heteroatoms. The number of anilines is 1. The van der Waals surface area contributed by atoms with Crippen molar-refractivity contribution >= 4 is 23.3 Å². The second kappa shape index (κ2) is 9.98. The molecule has 0 spiro atoms. The number of hydrogen-bond donors (Lipinski definition) is 0. The number of carbonyl (C=O) groups is 2. The SMILES string of the molecule is CN(Cc1ccc(F)cc1)C(=O)COC(=O)c1cc([N+](=O)[O-])ccc1N1CCOCC1. The first kappa shape index (κ1) is 22.2. The Balaban J connectivity index is 1.68. The van der Waals surface area contributed by atoms with Gasteiger partial charge in [0.05, 0.1) is 29.4 Å². The third-order valence-electron chi connectivity index (χ3n) is 4.85. The summed E-state index contributed by atoms with van der Waals surface area (Å²) in [5.41, 5.74) is 0.983. The Morgan fingerprint density at radius 2 is 1.87 bits per heavy atom. The molecule has 0 unspecified atom stereocenters. The van der Waals surface area contributed by atoms with Gasteiger partial charge in [-0.25, -0.2) is 9.18 Å². The summed E-state index contributed by atoms with van der Waals surface area (Å²) in [7, 11) is 1.53. The molecule has 0 aromatic heterocycles. The zero-order valence-electron chi connectivity index (χ0n) is 17.0. The molecule has 9 nitrogen and oxygen atoms in total. The maximum atomic E-state index is 13.0. The maximum absolute atomic E-state index is 13.0. The number of likely N-dealkylation sites (N-methyl/N-ethyl adjacent to an activating group) is 1. The van der Waals surface area contributed by atoms with E-state index in [0.717, 1.165) is 11.6 Å². The Morgan fingerprint density at radius 1 is 1.19 bits per heavy atom. The number of halogens is 1. The van der Waals surface area contributed by atoms with Gasteiger partial charge in [-0.2, -0.15) is 0 Å². The summed E-state index contributed by atoms with van der Waals surface area (Å²) in [6.45, 7) is 1.68. The van der Waals surface area contributed by atoms with Gasteiger partial charge in [-0.3, -0.25) is 14.9 Å². The van der Waals surface area contributed by atoms with Gasteiger partial charge >= 0.3 is 5.97 Å². The van der Waals surface area contributed by atoms with Gasteiger partial charge in [-0.05, 0) is 23.8 Å². The van der Waals surface area contributed by atoms with E-state index in [-0.39, 0.29) is 23.6 Å². The number of morpholine rings is 1. The molecular formula is C21H22FN3O6. The fourth-order valence-corrected chi connectivity index (χ4v) is 3.15. The van der Waals surface area contributed by atoms with Crippen molar-refractivity contribution in [2.24, 2.45) is 0 Å². The normalized spacial score (nSPS) is 13.5. The van der Waals surface area contributed by atoms with Gasteiger partial charge in [0.15, 0.2) is 6.61 Å². The molecule has 164 valence electrons. The van der Waals surface area contributed by atoms with Crippen LogP contribution in [0.4, 0.5) is 15.8 Å². The Labute approximate surface area is 178 Å². The Morgan fingerprint density at radius 3 is 2.52 bits per heavy atom. The van der Waals surface area contributed by atoms with Crippen LogP contribution in [0.15, 0.2) is 42.5 Å². The number of benzene rings is 2. The standard InChI is InChI=1S/C21H22FN3O6/c1-23(13-15-2-4-16(22)5-3-15)20(26)14-31-21(27)18-12-17(25(28)29)6-7-19(18)24-8-10-30-11-9-24/h2-7,12H,8-11,13-14H2,1H3. The fourth-order valence-electron chi connectivity index (χ4n) is 3.15. The van der Waals surface area contributed by atoms with Crippen LogP contribution in [-0.4, -0.2) is 61.7 Å². The zero-order chi connectivity index (χ0) is 22.4. The van der Waals surface area contributed by atoms with E-state index in [4.69, 9.17) is 9.47 Å². The molecule has 2 aromatic carbocycles. The smallest absolute Gasteiger partial charge is 0.341 e. The average Bonchev–Trinajstić information content (AvgIpc) is 2.78. The van der Waals surface area contributed by atoms with E-state index in [1.165, 1.54) is 36.2 Å². The van der Waals surface area contributed by atoms with Crippen LogP contribution in [0, 0.1) is 15.9 Å². The molecule has 1 aliphatic heterocycles. The number of hydrogen-bond acceptors (Lipinski definition) is 7. The first-order chi connectivity index (χ1) is 14.8. The van der Waals surface area contributed by atoms with Crippen LogP contribution < -0.4 is 4.90 Å². The summed E-state index contributed by atoms with van der Waals surface area (Å²) in [4.78, 5) is 38.8. The predicted molar refractivity (Wildman–Crippen MR) is 109 cm³/mol. The number of nitro groups is 1. The quantitative estimate of drug-likeness (QED) is 0.377. The minimum atomic E-state index is -0.825. The molecule has 1 saturated heterocycles. The molecule has 0 bridgehead atoms. The molecule has 0 N–H and O–H groups in total. The van der Waals surface area contributed by atoms with Crippen molar-refractivity contribution < 1.29 is 28.4 Å². The monoisotopic (exact) mass is 431 g/mol. The number of nitro benzene ring substituents is 1. The van der Waals surface area contributed by atoms with Crippen LogP contribution in [0.1, 0.15) is 15.9 Å². The van der Waals surface area contributed by atoms with Crippen molar-refractivity contribution in [3.05, 3.63) is 69.5 Å². The molecule has 0 saturated carbocycles. The summed E-state index contributed by atoms with van der Waals surface area (Å²) in [6, 6.07) is 9.68. The second-order valence-corrected chi connectivity index (χ2v) is 7.01. The molecule has 0 atom stereocenters. The molecule has 31 heavy (non-hydrogen) atoms. The average molecular weight is 431 g/mol. The number of amides is 1. The summed E-state index contributed by atoms with van der Waals surface area (Å²) >= 11 is 0. The van der Waals surface area contributed by atoms with Crippen molar-refractivity contribution in [1.29, 1.82) is 0 Å². The summed E-state index contributed by atoms with van der Waals surface area (Å²) in [5, 5.41) is 11.1. The lowest BCUT2D eigenvalue weighted by molar-refractivity contribution is -0.384. The number of esters is 1. The van der Waals surface area contributed by atoms with Crippen LogP contribution in [0.2, 0.25) is 0 Å². The molecule has 2 aromatic rings. The van der Waals surface area contributed by atoms with Gasteiger partial charge in [0.25, 0.3) is 11.6 Å². The van der Waals surface area contributed by atoms with E-state index in [9.17, 15) is 24.1 Å². The topological polar surface area (TPSA) is 102 Å². The highest BCUT2D eigenvalue weighted by molar-refractivity contribution is 5.97. The highest BCUT2D eigenvalue weighted by atomic mass is 19.1. The molecule has 0 aliphatic carbocycles. The minimum Gasteiger partial charge on any atom is -0.452 e. The number of nitrogens with zero attached hydrogens (tertiary/aromatic N) is 3. The van der Waals surface area contributed by atoms with Gasteiger partial charge in [-0.15, -0.1) is 0 Å². The van der Waals surface area contributed by atoms with Gasteiger partial charge in [0, 0.05) is 38.8 Å². The Bertz CT molecular complexity index is 960. The van der Waals surface area contributed by atoms with Gasteiger partial charge < -0.3 is 19.3 Å². The number of rotatable bonds is 7. The third kappa shape index (κ3) is 5.76. The van der Waals surface area contributed by atoms with E-state index < -0.39 is 23.4 Å². The molecule has 0 radical (unpaired) electrons. The molecule has 1 aliphatic rings. The van der Waals surface area contributed by atoms with E-state index >= 15 is 0 Å². The van der Waals surface area contributed by atoms with Crippen molar-refractivity contribution in [3.63, 3.8) is 0 Å². The van der Waals surface area contributed by atoms with Crippen LogP contribution in [0.3, 0.4) is 0 Å². The summed E-state index contributed by atoms with van der Waals surface area (Å²) in [6.07, 6.45) is 0. The van der Waals surface area contributed by atoms with Gasteiger partial charge in [-0.1, -0.05) is 12.1 Å². The lowest BCUT2D eigenvalue weighted by atomic mass is 10.1. The van der Waals surface area contributed by atoms with Crippen molar-refractivity contribution in [3.8, 4) is 0 Å². The van der Waals surface area contributed by atoms with Crippen molar-refractivity contribution in [2.75, 3.05) is 44.9 Å². The number of carbonyl (C=O) groups excluding carboxylic acids is 2. The van der Waals surface area contributed by atoms with Gasteiger partial charge in [0.1, 0.15) is 5.82 Å². The van der Waals surface area contributed by atoms with Crippen molar-refractivity contribution in [2.45, 2.75) is 6.54 Å². The van der Waals surface area contributed by atoms with Gasteiger partial charge in [0.2, 0.25) is 0 Å². The highest BCUT2D eigenvalue weighted by Gasteiger charge is 2.24. The molecule has 1 fully saturated rings. The van der Waals surface area contributed by atoms with E-state index in [0.29, 0.717) is 32.0 Å². The lowest BCUT2D eigenvalue weighted by Gasteiger charge is -2.30. The Kier molecular flexibility index (Phi) is 7.14. The van der Waals surface area contributed by atoms with E-state index in [2.05, 4.69) is 0 Å². The highest BCUT2D eigenvalue weighted by Crippen LogP contribution is 2.27. The Hall–Kier alpha value is -3.53. The van der Waals surface area contributed by atoms with Crippen LogP contribution in [0.5, 0.6) is 0 Å². The van der Waals surface area contributed by atoms with E-state index in [1.54, 1.807) is 12.1 Å². The zero-order valence-corrected chi connectivity index (χ0v) is 17.0. The van der Waals surface area contributed by atoms with E-state index in [1.807, 2.05) is 4.90 Å². The largest absolute Gasteiger partial charge is 0.452 e. The fraction of sp³-hybridized carbons (Fsp3) is 0.333. The maximum Gasteiger partial charge on any atom is 0.341 e. The van der Waals surface area contributed by atoms with Crippen molar-refractivity contribution in [1.82, 2.24) is 4.90 Å². The van der Waals surface area contributed by atoms with Crippen LogP contribution in [0.25, 0.3) is 0 Å². The third-order valence-corrected chi connectivity index (χ3v) is 4.85. The summed E-state index contributed by atoms with van der Waals surface area (Å²) < 4.78 is 23.5. The molecule has 1 heterocycles. The molecule has 3 rings (SSSR count). The predicted octanol–water partition coefficient (Wildman–Crippen LogP) is 2.39. The molecule has 1 amide bonds.